The largest absolute Gasteiger partial charge is 0.361 e. The van der Waals surface area contributed by atoms with E-state index in [0.29, 0.717) is 0 Å². The molecule has 0 amide bonds. The lowest BCUT2D eigenvalue weighted by Gasteiger charge is -2.31. The summed E-state index contributed by atoms with van der Waals surface area (Å²) in [6.45, 7) is 2.12. The molecule has 6 heteroatoms. The maximum absolute atomic E-state index is 5.21. The van der Waals surface area contributed by atoms with Crippen molar-refractivity contribution in [1.29, 1.82) is 0 Å². The van der Waals surface area contributed by atoms with Crippen LogP contribution in [0.1, 0.15) is 34.4 Å². The summed E-state index contributed by atoms with van der Waals surface area (Å²) in [7, 11) is 0. The summed E-state index contributed by atoms with van der Waals surface area (Å²) in [4.78, 5) is 20.8. The van der Waals surface area contributed by atoms with Crippen LogP contribution in [0.3, 0.4) is 0 Å². The standard InChI is InChI=1S/C33H24BrN5/c1-18-30(25-8-4-5-9-29(25)37-18)33-38-31-24-7-3-2-6-22(24)23-12-11-21(15-27(23)32(31)39-33)35-16-19-17-36-28-13-10-20(34)14-26(19)28/h2-17,23,27,36-37H,1H3,(H,38,39). The zero-order valence-electron chi connectivity index (χ0n) is 21.2. The number of imidazole rings is 1. The van der Waals surface area contributed by atoms with Crippen molar-refractivity contribution in [2.75, 3.05) is 0 Å². The molecule has 0 saturated carbocycles. The van der Waals surface area contributed by atoms with Crippen LogP contribution < -0.4 is 0 Å². The van der Waals surface area contributed by atoms with Gasteiger partial charge < -0.3 is 15.0 Å². The van der Waals surface area contributed by atoms with E-state index in [1.54, 1.807) is 0 Å². The number of fused-ring (bicyclic) bond motifs is 8. The smallest absolute Gasteiger partial charge is 0.140 e. The van der Waals surface area contributed by atoms with E-state index in [1.807, 2.05) is 18.5 Å². The normalized spacial score (nSPS) is 17.9. The summed E-state index contributed by atoms with van der Waals surface area (Å²) < 4.78 is 1.05. The van der Waals surface area contributed by atoms with Crippen molar-refractivity contribution >= 4 is 44.0 Å². The second kappa shape index (κ2) is 8.55. The molecule has 3 heterocycles. The second-order valence-electron chi connectivity index (χ2n) is 10.3. The van der Waals surface area contributed by atoms with Crippen LogP contribution in [0.5, 0.6) is 0 Å². The highest BCUT2D eigenvalue weighted by atomic mass is 79.9. The molecule has 39 heavy (non-hydrogen) atoms. The molecule has 0 aliphatic heterocycles. The fourth-order valence-electron chi connectivity index (χ4n) is 6.21. The number of aryl methyl sites for hydroxylation is 1. The van der Waals surface area contributed by atoms with Gasteiger partial charge in [-0.3, -0.25) is 4.99 Å². The van der Waals surface area contributed by atoms with Gasteiger partial charge in [-0.1, -0.05) is 64.5 Å². The Morgan fingerprint density at radius 3 is 2.74 bits per heavy atom. The Morgan fingerprint density at radius 1 is 0.923 bits per heavy atom. The molecule has 0 spiro atoms. The Bertz CT molecular complexity index is 2010. The third-order valence-electron chi connectivity index (χ3n) is 8.01. The molecule has 0 saturated heterocycles. The summed E-state index contributed by atoms with van der Waals surface area (Å²) in [5.74, 6) is 1.26. The third-order valence-corrected chi connectivity index (χ3v) is 8.50. The zero-order valence-corrected chi connectivity index (χ0v) is 22.8. The summed E-state index contributed by atoms with van der Waals surface area (Å²) in [6, 6.07) is 23.3. The maximum Gasteiger partial charge on any atom is 0.140 e. The number of nitrogens with zero attached hydrogens (tertiary/aromatic N) is 2. The van der Waals surface area contributed by atoms with Crippen molar-refractivity contribution in [3.8, 4) is 22.6 Å². The number of benzene rings is 3. The van der Waals surface area contributed by atoms with Crippen LogP contribution in [0.15, 0.2) is 106 Å². The van der Waals surface area contributed by atoms with Crippen LogP contribution in [0.4, 0.5) is 0 Å². The van der Waals surface area contributed by atoms with Gasteiger partial charge in [0.1, 0.15) is 5.82 Å². The van der Waals surface area contributed by atoms with Gasteiger partial charge in [-0.2, -0.15) is 0 Å². The average Bonchev–Trinajstić information content (AvgIpc) is 3.66. The molecule has 5 nitrogen and oxygen atoms in total. The second-order valence-corrected chi connectivity index (χ2v) is 11.2. The highest BCUT2D eigenvalue weighted by molar-refractivity contribution is 9.10. The first-order valence-electron chi connectivity index (χ1n) is 13.1. The van der Waals surface area contributed by atoms with Gasteiger partial charge >= 0.3 is 0 Å². The molecular formula is C33H24BrN5. The van der Waals surface area contributed by atoms with Crippen LogP contribution in [0.25, 0.3) is 44.5 Å². The number of aromatic nitrogens is 4. The number of nitrogens with one attached hydrogen (secondary N) is 3. The molecule has 2 unspecified atom stereocenters. The summed E-state index contributed by atoms with van der Waals surface area (Å²) in [6.07, 6.45) is 10.7. The number of aliphatic imine (C=N–C) groups is 1. The Hall–Kier alpha value is -4.42. The fraction of sp³-hybridized carbons (Fsp3) is 0.0909. The topological polar surface area (TPSA) is 72.6 Å². The van der Waals surface area contributed by atoms with Gasteiger partial charge in [0.2, 0.25) is 0 Å². The monoisotopic (exact) mass is 569 g/mol. The fourth-order valence-corrected chi connectivity index (χ4v) is 6.57. The minimum Gasteiger partial charge on any atom is -0.361 e. The number of hydrogen-bond donors (Lipinski definition) is 3. The molecule has 188 valence electrons. The van der Waals surface area contributed by atoms with E-state index < -0.39 is 0 Å². The molecule has 8 rings (SSSR count). The molecular weight excluding hydrogens is 546 g/mol. The average molecular weight is 570 g/mol. The maximum atomic E-state index is 5.21. The first kappa shape index (κ1) is 22.6. The van der Waals surface area contributed by atoms with Gasteiger partial charge in [0.25, 0.3) is 0 Å². The molecule has 3 aromatic carbocycles. The molecule has 0 fully saturated rings. The van der Waals surface area contributed by atoms with E-state index in [0.717, 1.165) is 60.6 Å². The Labute approximate surface area is 233 Å². The Morgan fingerprint density at radius 2 is 1.79 bits per heavy atom. The van der Waals surface area contributed by atoms with E-state index in [2.05, 4.69) is 117 Å². The number of hydrogen-bond acceptors (Lipinski definition) is 2. The quantitative estimate of drug-likeness (QED) is 0.183. The predicted molar refractivity (Wildman–Crippen MR) is 162 cm³/mol. The van der Waals surface area contributed by atoms with Crippen LogP contribution >= 0.6 is 15.9 Å². The molecule has 3 aromatic heterocycles. The molecule has 2 aliphatic carbocycles. The number of rotatable bonds is 3. The lowest BCUT2D eigenvalue weighted by atomic mass is 9.73. The van der Waals surface area contributed by atoms with Crippen LogP contribution in [0.2, 0.25) is 0 Å². The van der Waals surface area contributed by atoms with Gasteiger partial charge in [-0.25, -0.2) is 4.98 Å². The van der Waals surface area contributed by atoms with Crippen molar-refractivity contribution in [1.82, 2.24) is 19.9 Å². The van der Waals surface area contributed by atoms with E-state index in [9.17, 15) is 0 Å². The first-order valence-corrected chi connectivity index (χ1v) is 13.9. The van der Waals surface area contributed by atoms with Crippen molar-refractivity contribution < 1.29 is 0 Å². The lowest BCUT2D eigenvalue weighted by Crippen LogP contribution is -2.17. The SMILES string of the molecule is Cc1[nH]c2ccccc2c1-c1nc2c([nH]1)C1C=C(N=Cc3c[nH]c4ccc(Br)cc34)C=CC1c1ccccc1-2. The molecule has 2 aliphatic rings. The minimum absolute atomic E-state index is 0.121. The van der Waals surface area contributed by atoms with Gasteiger partial charge in [0.05, 0.1) is 17.1 Å². The van der Waals surface area contributed by atoms with Crippen molar-refractivity contribution in [2.24, 2.45) is 4.99 Å². The minimum atomic E-state index is 0.121. The van der Waals surface area contributed by atoms with E-state index in [1.165, 1.54) is 16.5 Å². The number of halogens is 1. The number of aromatic amines is 3. The Kier molecular flexibility index (Phi) is 4.94. The molecule has 0 bridgehead atoms. The van der Waals surface area contributed by atoms with Gasteiger partial charge in [0.15, 0.2) is 0 Å². The van der Waals surface area contributed by atoms with Crippen LogP contribution in [-0.2, 0) is 0 Å². The zero-order chi connectivity index (χ0) is 26.1. The van der Waals surface area contributed by atoms with Crippen molar-refractivity contribution in [2.45, 2.75) is 18.8 Å². The molecule has 6 aromatic rings. The van der Waals surface area contributed by atoms with Gasteiger partial charge in [-0.15, -0.1) is 0 Å². The lowest BCUT2D eigenvalue weighted by molar-refractivity contribution is 0.696. The van der Waals surface area contributed by atoms with Gasteiger partial charge in [0, 0.05) is 72.9 Å². The Balaban J connectivity index is 1.24. The van der Waals surface area contributed by atoms with E-state index in [-0.39, 0.29) is 11.8 Å². The summed E-state index contributed by atoms with van der Waals surface area (Å²) >= 11 is 3.59. The van der Waals surface area contributed by atoms with E-state index >= 15 is 0 Å². The molecule has 3 N–H and O–H groups in total. The van der Waals surface area contributed by atoms with Gasteiger partial charge in [-0.05, 0) is 48.9 Å². The van der Waals surface area contributed by atoms with E-state index in [4.69, 9.17) is 9.98 Å². The van der Waals surface area contributed by atoms with Crippen LogP contribution in [0, 0.1) is 6.92 Å². The van der Waals surface area contributed by atoms with Crippen molar-refractivity contribution in [3.63, 3.8) is 0 Å². The molecule has 2 atom stereocenters. The number of para-hydroxylation sites is 1. The summed E-state index contributed by atoms with van der Waals surface area (Å²) in [5.41, 5.74) is 11.2. The highest BCUT2D eigenvalue weighted by Gasteiger charge is 2.36. The molecule has 0 radical (unpaired) electrons. The number of allylic oxidation sites excluding steroid dienone is 3. The summed E-state index contributed by atoms with van der Waals surface area (Å²) in [5, 5.41) is 2.33. The number of H-pyrrole nitrogens is 3. The third kappa shape index (κ3) is 3.52. The van der Waals surface area contributed by atoms with Crippen LogP contribution in [-0.4, -0.2) is 26.2 Å². The predicted octanol–water partition coefficient (Wildman–Crippen LogP) is 8.53. The first-order chi connectivity index (χ1) is 19.1. The van der Waals surface area contributed by atoms with Crippen molar-refractivity contribution in [3.05, 3.63) is 124 Å². The highest BCUT2D eigenvalue weighted by Crippen LogP contribution is 2.50.